The van der Waals surface area contributed by atoms with E-state index in [9.17, 15) is 9.59 Å². The molecule has 2 aliphatic rings. The Balaban J connectivity index is 1.01. The van der Waals surface area contributed by atoms with Crippen molar-refractivity contribution in [1.82, 2.24) is 14.9 Å². The fourth-order valence-corrected chi connectivity index (χ4v) is 7.71. The van der Waals surface area contributed by atoms with Gasteiger partial charge < -0.3 is 25.3 Å². The zero-order valence-corrected chi connectivity index (χ0v) is 28.4. The minimum atomic E-state index is -0.254. The summed E-state index contributed by atoms with van der Waals surface area (Å²) >= 11 is 3.70. The maximum atomic E-state index is 13.4. The molecule has 3 aromatic carbocycles. The number of aromatic nitrogens is 2. The summed E-state index contributed by atoms with van der Waals surface area (Å²) in [4.78, 5) is 35.3. The van der Waals surface area contributed by atoms with Crippen molar-refractivity contribution in [2.75, 3.05) is 23.8 Å². The lowest BCUT2D eigenvalue weighted by molar-refractivity contribution is 0.0734. The van der Waals surface area contributed by atoms with Crippen LogP contribution in [0.2, 0.25) is 0 Å². The van der Waals surface area contributed by atoms with Crippen molar-refractivity contribution in [3.63, 3.8) is 0 Å². The summed E-state index contributed by atoms with van der Waals surface area (Å²) in [7, 11) is 0. The topological polar surface area (TPSA) is 99.3 Å². The maximum absolute atomic E-state index is 13.4. The van der Waals surface area contributed by atoms with Crippen LogP contribution >= 0.6 is 15.9 Å². The van der Waals surface area contributed by atoms with Gasteiger partial charge in [0.2, 0.25) is 0 Å². The number of benzene rings is 3. The molecule has 0 bridgehead atoms. The highest BCUT2D eigenvalue weighted by atomic mass is 79.9. The molecule has 2 unspecified atom stereocenters. The number of carbonyl (C=O) groups excluding carboxylic acids is 1. The number of piperidine rings is 1. The number of halogens is 1. The Morgan fingerprint density at radius 1 is 1.02 bits per heavy atom. The Hall–Kier alpha value is -4.63. The van der Waals surface area contributed by atoms with E-state index in [1.807, 2.05) is 36.9 Å². The Kier molecular flexibility index (Phi) is 8.49. The lowest BCUT2D eigenvalue weighted by Gasteiger charge is -2.38. The van der Waals surface area contributed by atoms with E-state index in [0.717, 1.165) is 45.0 Å². The third-order valence-electron chi connectivity index (χ3n) is 9.58. The van der Waals surface area contributed by atoms with Crippen molar-refractivity contribution in [1.29, 1.82) is 0 Å². The highest BCUT2D eigenvalue weighted by molar-refractivity contribution is 9.10. The molecular formula is C38H38BrN5O3. The van der Waals surface area contributed by atoms with Crippen LogP contribution in [0.1, 0.15) is 53.6 Å². The van der Waals surface area contributed by atoms with E-state index in [2.05, 4.69) is 98.1 Å². The van der Waals surface area contributed by atoms with E-state index in [-0.39, 0.29) is 29.7 Å². The molecule has 3 heterocycles. The van der Waals surface area contributed by atoms with Gasteiger partial charge in [0.15, 0.2) is 0 Å². The Labute approximate surface area is 282 Å². The van der Waals surface area contributed by atoms with Crippen LogP contribution in [0, 0.1) is 13.8 Å². The molecular weight excluding hydrogens is 654 g/mol. The number of hydrogen-bond acceptors (Lipinski definition) is 6. The molecule has 8 nitrogen and oxygen atoms in total. The van der Waals surface area contributed by atoms with Gasteiger partial charge in [-0.2, -0.15) is 0 Å². The molecule has 1 aliphatic heterocycles. The fourth-order valence-electron chi connectivity index (χ4n) is 7.25. The zero-order chi connectivity index (χ0) is 32.7. The molecule has 240 valence electrons. The monoisotopic (exact) mass is 691 g/mol. The molecule has 1 saturated heterocycles. The van der Waals surface area contributed by atoms with Gasteiger partial charge >= 0.3 is 6.09 Å². The second-order valence-corrected chi connectivity index (χ2v) is 13.6. The number of hydrogen-bond donors (Lipinski definition) is 3. The predicted molar refractivity (Wildman–Crippen MR) is 191 cm³/mol. The molecule has 1 aliphatic carbocycles. The number of ether oxygens (including phenoxy) is 1. The highest BCUT2D eigenvalue weighted by Gasteiger charge is 2.33. The second kappa shape index (κ2) is 12.9. The number of rotatable bonds is 7. The van der Waals surface area contributed by atoms with Gasteiger partial charge in [0.25, 0.3) is 5.56 Å². The number of nitrogens with zero attached hydrogens (tertiary/aromatic N) is 2. The smallest absolute Gasteiger partial charge is 0.410 e. The van der Waals surface area contributed by atoms with Crippen LogP contribution in [-0.2, 0) is 11.3 Å². The minimum Gasteiger partial charge on any atom is -0.448 e. The molecule has 47 heavy (non-hydrogen) atoms. The number of nitrogens with one attached hydrogen (secondary N) is 3. The summed E-state index contributed by atoms with van der Waals surface area (Å²) in [6.45, 7) is 7.23. The molecule has 1 fully saturated rings. The Morgan fingerprint density at radius 3 is 2.45 bits per heavy atom. The highest BCUT2D eigenvalue weighted by Crippen LogP contribution is 2.44. The van der Waals surface area contributed by atoms with Crippen LogP contribution in [0.4, 0.5) is 16.3 Å². The number of H-pyrrole nitrogens is 1. The molecule has 0 radical (unpaired) electrons. The minimum absolute atomic E-state index is 0.0186. The van der Waals surface area contributed by atoms with Crippen molar-refractivity contribution >= 4 is 44.3 Å². The number of carbonyl (C=O) groups is 1. The van der Waals surface area contributed by atoms with E-state index in [1.165, 1.54) is 22.3 Å². The summed E-state index contributed by atoms with van der Waals surface area (Å²) in [5.74, 6) is 0.755. The number of amides is 1. The summed E-state index contributed by atoms with van der Waals surface area (Å²) in [5.41, 5.74) is 8.27. The molecule has 1 amide bonds. The number of aromatic amines is 1. The first kappa shape index (κ1) is 31.0. The van der Waals surface area contributed by atoms with Gasteiger partial charge in [0.05, 0.1) is 0 Å². The first-order valence-corrected chi connectivity index (χ1v) is 17.0. The third kappa shape index (κ3) is 6.12. The van der Waals surface area contributed by atoms with Crippen molar-refractivity contribution in [3.8, 4) is 11.1 Å². The number of pyridine rings is 2. The van der Waals surface area contributed by atoms with Crippen LogP contribution in [0.3, 0.4) is 0 Å². The zero-order valence-electron chi connectivity index (χ0n) is 26.8. The molecule has 0 saturated carbocycles. The van der Waals surface area contributed by atoms with Crippen LogP contribution in [0.25, 0.3) is 21.9 Å². The fraction of sp³-hybridized carbons (Fsp3) is 0.289. The molecule has 2 atom stereocenters. The van der Waals surface area contributed by atoms with Gasteiger partial charge in [-0.05, 0) is 85.7 Å². The molecule has 3 N–H and O–H groups in total. The van der Waals surface area contributed by atoms with Crippen LogP contribution in [0.5, 0.6) is 0 Å². The van der Waals surface area contributed by atoms with Gasteiger partial charge in [-0.1, -0.05) is 64.5 Å². The summed E-state index contributed by atoms with van der Waals surface area (Å²) in [6.07, 6.45) is 3.13. The van der Waals surface area contributed by atoms with Crippen LogP contribution in [-0.4, -0.2) is 46.2 Å². The Bertz CT molecular complexity index is 2000. The van der Waals surface area contributed by atoms with E-state index >= 15 is 0 Å². The number of fused-ring (bicyclic) bond motifs is 4. The van der Waals surface area contributed by atoms with Crippen molar-refractivity contribution in [3.05, 3.63) is 122 Å². The number of likely N-dealkylation sites (tertiary alicyclic amines) is 1. The van der Waals surface area contributed by atoms with E-state index in [1.54, 1.807) is 6.20 Å². The largest absolute Gasteiger partial charge is 0.448 e. The average molecular weight is 693 g/mol. The SMILES string of the molecule is Cc1cc(C)c(CNc2nccc3c(NC4CCN(C(=O)OCC5c6ccccc6-c6ccccc65)C(C)C4)cc(Br)cc23)c(=O)[nH]1. The maximum Gasteiger partial charge on any atom is 0.410 e. The summed E-state index contributed by atoms with van der Waals surface area (Å²) in [6, 6.07) is 25.1. The molecule has 7 rings (SSSR count). The predicted octanol–water partition coefficient (Wildman–Crippen LogP) is 8.13. The summed E-state index contributed by atoms with van der Waals surface area (Å²) < 4.78 is 6.92. The van der Waals surface area contributed by atoms with E-state index < -0.39 is 0 Å². The number of anilines is 2. The van der Waals surface area contributed by atoms with Crippen LogP contribution in [0.15, 0.2) is 88.3 Å². The normalized spacial score (nSPS) is 17.3. The van der Waals surface area contributed by atoms with Gasteiger partial charge in [-0.15, -0.1) is 0 Å². The van der Waals surface area contributed by atoms with Gasteiger partial charge in [0, 0.05) is 69.5 Å². The lowest BCUT2D eigenvalue weighted by atomic mass is 9.97. The van der Waals surface area contributed by atoms with Gasteiger partial charge in [-0.25, -0.2) is 9.78 Å². The van der Waals surface area contributed by atoms with Crippen molar-refractivity contribution < 1.29 is 9.53 Å². The Morgan fingerprint density at radius 2 is 1.74 bits per heavy atom. The van der Waals surface area contributed by atoms with Gasteiger partial charge in [0.1, 0.15) is 12.4 Å². The number of aryl methyl sites for hydroxylation is 2. The third-order valence-corrected chi connectivity index (χ3v) is 10.0. The molecule has 0 spiro atoms. The van der Waals surface area contributed by atoms with Crippen LogP contribution < -0.4 is 16.2 Å². The first-order chi connectivity index (χ1) is 22.8. The standard InChI is InChI=1S/C38H38BrN5O3/c1-22-16-23(2)42-37(45)33(22)20-41-36-32-18-25(39)19-35(31(32)12-14-40-36)43-26-13-15-44(24(3)17-26)38(46)47-21-34-29-10-6-4-8-27(29)28-9-5-7-11-30(28)34/h4-12,14,16,18-19,24,26,34,43H,13,15,17,20-21H2,1-3H3,(H,40,41)(H,42,45). The first-order valence-electron chi connectivity index (χ1n) is 16.2. The summed E-state index contributed by atoms with van der Waals surface area (Å²) in [5, 5.41) is 9.14. The second-order valence-electron chi connectivity index (χ2n) is 12.7. The lowest BCUT2D eigenvalue weighted by Crippen LogP contribution is -2.48. The molecule has 2 aromatic heterocycles. The van der Waals surface area contributed by atoms with E-state index in [4.69, 9.17) is 4.74 Å². The van der Waals surface area contributed by atoms with E-state index in [0.29, 0.717) is 31.1 Å². The quantitative estimate of drug-likeness (QED) is 0.159. The molecule has 9 heteroatoms. The van der Waals surface area contributed by atoms with Crippen molar-refractivity contribution in [2.24, 2.45) is 0 Å². The van der Waals surface area contributed by atoms with Crippen molar-refractivity contribution in [2.45, 2.75) is 58.2 Å². The van der Waals surface area contributed by atoms with Gasteiger partial charge in [-0.3, -0.25) is 4.79 Å². The molecule has 5 aromatic rings. The average Bonchev–Trinajstić information content (AvgIpc) is 3.37.